The summed E-state index contributed by atoms with van der Waals surface area (Å²) in [6.07, 6.45) is 1.67. The molecule has 160 valence electrons. The first-order valence-electron chi connectivity index (χ1n) is 9.35. The number of carbonyl (C=O) groups is 1. The number of para-hydroxylation sites is 2. The van der Waals surface area contributed by atoms with Gasteiger partial charge in [0.15, 0.2) is 10.7 Å². The Hall–Kier alpha value is -4.26. The Morgan fingerprint density at radius 3 is 2.75 bits per heavy atom. The summed E-state index contributed by atoms with van der Waals surface area (Å²) in [5.41, 5.74) is 2.68. The van der Waals surface area contributed by atoms with Gasteiger partial charge in [-0.2, -0.15) is 0 Å². The molecule has 5 rings (SSSR count). The quantitative estimate of drug-likeness (QED) is 0.224. The molecule has 0 aliphatic heterocycles. The monoisotopic (exact) mass is 450 g/mol. The minimum atomic E-state index is -0.500. The number of oxazole rings is 1. The standard InChI is InChI=1S/C19H14N8O4S/c28-17(20-12-5-7-14(8-6-12)27(29)30)10-25-9-13(21-24-25)11-32-19-23-22-18-26(19)15-3-1-2-4-16(15)31-18/h1-9H,10-11H2,(H,20,28). The van der Waals surface area contributed by atoms with Crippen molar-refractivity contribution in [3.8, 4) is 0 Å². The maximum absolute atomic E-state index is 12.2. The van der Waals surface area contributed by atoms with Crippen LogP contribution in [0, 0.1) is 10.1 Å². The average molecular weight is 450 g/mol. The van der Waals surface area contributed by atoms with Crippen LogP contribution in [0.25, 0.3) is 16.9 Å². The van der Waals surface area contributed by atoms with Crippen molar-refractivity contribution in [1.82, 2.24) is 29.6 Å². The van der Waals surface area contributed by atoms with E-state index in [0.717, 1.165) is 11.1 Å². The maximum atomic E-state index is 12.2. The number of non-ortho nitro benzene ring substituents is 1. The van der Waals surface area contributed by atoms with Gasteiger partial charge in [0.05, 0.1) is 16.1 Å². The molecule has 0 aliphatic rings. The van der Waals surface area contributed by atoms with Crippen molar-refractivity contribution >= 4 is 46.0 Å². The second-order valence-electron chi connectivity index (χ2n) is 6.72. The molecule has 0 radical (unpaired) electrons. The highest BCUT2D eigenvalue weighted by atomic mass is 32.2. The number of aromatic nitrogens is 6. The van der Waals surface area contributed by atoms with Crippen LogP contribution in [0.5, 0.6) is 0 Å². The summed E-state index contributed by atoms with van der Waals surface area (Å²) < 4.78 is 8.92. The molecule has 1 N–H and O–H groups in total. The van der Waals surface area contributed by atoms with Crippen LogP contribution in [-0.4, -0.2) is 40.4 Å². The molecule has 0 atom stereocenters. The average Bonchev–Trinajstić information content (AvgIpc) is 3.48. The van der Waals surface area contributed by atoms with Crippen molar-refractivity contribution in [3.63, 3.8) is 0 Å². The lowest BCUT2D eigenvalue weighted by Crippen LogP contribution is -2.19. The van der Waals surface area contributed by atoms with E-state index in [4.69, 9.17) is 4.42 Å². The fourth-order valence-electron chi connectivity index (χ4n) is 3.08. The van der Waals surface area contributed by atoms with E-state index in [1.165, 1.54) is 40.7 Å². The lowest BCUT2D eigenvalue weighted by atomic mass is 10.3. The van der Waals surface area contributed by atoms with Gasteiger partial charge in [-0.05, 0) is 24.3 Å². The van der Waals surface area contributed by atoms with Gasteiger partial charge in [0.25, 0.3) is 5.69 Å². The summed E-state index contributed by atoms with van der Waals surface area (Å²) in [4.78, 5) is 22.4. The summed E-state index contributed by atoms with van der Waals surface area (Å²) in [6.45, 7) is -0.0454. The third-order valence-electron chi connectivity index (χ3n) is 4.51. The predicted octanol–water partition coefficient (Wildman–Crippen LogP) is 2.91. The van der Waals surface area contributed by atoms with Crippen molar-refractivity contribution in [2.45, 2.75) is 17.5 Å². The zero-order valence-corrected chi connectivity index (χ0v) is 17.1. The van der Waals surface area contributed by atoms with Gasteiger partial charge in [0.1, 0.15) is 6.54 Å². The Morgan fingerprint density at radius 1 is 1.12 bits per heavy atom. The van der Waals surface area contributed by atoms with E-state index in [-0.39, 0.29) is 18.1 Å². The summed E-state index contributed by atoms with van der Waals surface area (Å²) in [7, 11) is 0. The number of nitrogens with zero attached hydrogens (tertiary/aromatic N) is 7. The normalized spacial score (nSPS) is 11.2. The number of fused-ring (bicyclic) bond motifs is 3. The van der Waals surface area contributed by atoms with E-state index < -0.39 is 4.92 Å². The second-order valence-corrected chi connectivity index (χ2v) is 7.66. The van der Waals surface area contributed by atoms with Gasteiger partial charge in [-0.25, -0.2) is 9.08 Å². The van der Waals surface area contributed by atoms with Gasteiger partial charge < -0.3 is 9.73 Å². The Balaban J connectivity index is 1.21. The molecule has 5 aromatic rings. The molecule has 0 bridgehead atoms. The lowest BCUT2D eigenvalue weighted by molar-refractivity contribution is -0.384. The largest absolute Gasteiger partial charge is 0.422 e. The van der Waals surface area contributed by atoms with Crippen LogP contribution in [0.3, 0.4) is 0 Å². The number of thioether (sulfide) groups is 1. The van der Waals surface area contributed by atoms with Crippen LogP contribution >= 0.6 is 11.8 Å². The van der Waals surface area contributed by atoms with Gasteiger partial charge in [0.2, 0.25) is 5.91 Å². The van der Waals surface area contributed by atoms with Crippen molar-refractivity contribution < 1.29 is 14.1 Å². The van der Waals surface area contributed by atoms with E-state index in [0.29, 0.717) is 28.1 Å². The molecule has 3 heterocycles. The van der Waals surface area contributed by atoms with Crippen LogP contribution in [0.2, 0.25) is 0 Å². The lowest BCUT2D eigenvalue weighted by Gasteiger charge is -2.04. The van der Waals surface area contributed by atoms with E-state index in [1.807, 2.05) is 28.7 Å². The van der Waals surface area contributed by atoms with Crippen LogP contribution in [0.1, 0.15) is 5.69 Å². The van der Waals surface area contributed by atoms with Crippen molar-refractivity contribution in [2.24, 2.45) is 0 Å². The molecule has 13 heteroatoms. The van der Waals surface area contributed by atoms with Crippen LogP contribution < -0.4 is 5.32 Å². The van der Waals surface area contributed by atoms with Gasteiger partial charge in [-0.3, -0.25) is 14.9 Å². The molecule has 0 unspecified atom stereocenters. The second kappa shape index (κ2) is 8.11. The molecule has 1 amide bonds. The molecular weight excluding hydrogens is 436 g/mol. The molecule has 32 heavy (non-hydrogen) atoms. The number of hydrogen-bond donors (Lipinski definition) is 1. The van der Waals surface area contributed by atoms with Crippen LogP contribution in [-0.2, 0) is 17.1 Å². The fraction of sp³-hybridized carbons (Fsp3) is 0.105. The van der Waals surface area contributed by atoms with Gasteiger partial charge >= 0.3 is 5.84 Å². The summed E-state index contributed by atoms with van der Waals surface area (Å²) in [5, 5.41) is 30.3. The SMILES string of the molecule is O=C(Cn1cc(CSc2nnc3oc4ccccc4n23)nn1)Nc1ccc([N+](=O)[O-])cc1. The molecule has 0 saturated carbocycles. The molecule has 3 aromatic heterocycles. The summed E-state index contributed by atoms with van der Waals surface area (Å²) in [5.74, 6) is 0.567. The molecule has 12 nitrogen and oxygen atoms in total. The number of hydrogen-bond acceptors (Lipinski definition) is 9. The number of carbonyl (C=O) groups excluding carboxylic acids is 1. The molecule has 0 saturated heterocycles. The number of rotatable bonds is 7. The number of benzene rings is 2. The van der Waals surface area contributed by atoms with Crippen molar-refractivity contribution in [3.05, 3.63) is 70.5 Å². The van der Waals surface area contributed by atoms with E-state index in [1.54, 1.807) is 6.20 Å². The Kier molecular flexibility index (Phi) is 4.99. The minimum Gasteiger partial charge on any atom is -0.422 e. The predicted molar refractivity (Wildman–Crippen MR) is 114 cm³/mol. The summed E-state index contributed by atoms with van der Waals surface area (Å²) in [6, 6.07) is 13.2. The fourth-order valence-corrected chi connectivity index (χ4v) is 3.90. The number of nitro benzene ring substituents is 1. The van der Waals surface area contributed by atoms with Crippen molar-refractivity contribution in [1.29, 1.82) is 0 Å². The smallest absolute Gasteiger partial charge is 0.328 e. The zero-order chi connectivity index (χ0) is 22.1. The van der Waals surface area contributed by atoms with Gasteiger partial charge in [-0.15, -0.1) is 10.2 Å². The van der Waals surface area contributed by atoms with Crippen LogP contribution in [0.4, 0.5) is 11.4 Å². The van der Waals surface area contributed by atoms with Gasteiger partial charge in [-0.1, -0.05) is 34.2 Å². The Morgan fingerprint density at radius 2 is 1.94 bits per heavy atom. The molecule has 0 fully saturated rings. The molecule has 0 spiro atoms. The van der Waals surface area contributed by atoms with E-state index in [2.05, 4.69) is 25.8 Å². The highest BCUT2D eigenvalue weighted by Gasteiger charge is 2.15. The van der Waals surface area contributed by atoms with Crippen LogP contribution in [0.15, 0.2) is 64.3 Å². The van der Waals surface area contributed by atoms with E-state index in [9.17, 15) is 14.9 Å². The molecule has 2 aromatic carbocycles. The third kappa shape index (κ3) is 3.88. The third-order valence-corrected chi connectivity index (χ3v) is 5.48. The zero-order valence-electron chi connectivity index (χ0n) is 16.3. The van der Waals surface area contributed by atoms with Gasteiger partial charge in [0, 0.05) is 29.8 Å². The Labute approximate surface area is 183 Å². The molecule has 0 aliphatic carbocycles. The van der Waals surface area contributed by atoms with Crippen molar-refractivity contribution in [2.75, 3.05) is 5.32 Å². The topological polar surface area (TPSA) is 146 Å². The first kappa shape index (κ1) is 19.7. The maximum Gasteiger partial charge on any atom is 0.328 e. The minimum absolute atomic E-state index is 0.0454. The summed E-state index contributed by atoms with van der Waals surface area (Å²) >= 11 is 1.43. The molecular formula is C19H14N8O4S. The first-order valence-corrected chi connectivity index (χ1v) is 10.3. The van der Waals surface area contributed by atoms with E-state index >= 15 is 0 Å². The Bertz CT molecular complexity index is 1440. The first-order chi connectivity index (χ1) is 15.6. The highest BCUT2D eigenvalue weighted by molar-refractivity contribution is 7.98. The highest BCUT2D eigenvalue weighted by Crippen LogP contribution is 2.26. The number of anilines is 1. The number of nitro groups is 1. The number of nitrogens with one attached hydrogen (secondary N) is 1. The number of amides is 1.